The molecule has 0 unspecified atom stereocenters. The van der Waals surface area contributed by atoms with Crippen molar-refractivity contribution in [2.45, 2.75) is 50.5 Å². The van der Waals surface area contributed by atoms with Gasteiger partial charge in [-0.2, -0.15) is 18.3 Å². The summed E-state index contributed by atoms with van der Waals surface area (Å²) in [6.07, 6.45) is -0.249. The lowest BCUT2D eigenvalue weighted by molar-refractivity contribution is -0.120. The smallest absolute Gasteiger partial charge is 0.343 e. The molecule has 0 aromatic carbocycles. The van der Waals surface area contributed by atoms with E-state index in [1.54, 1.807) is 12.1 Å². The van der Waals surface area contributed by atoms with Gasteiger partial charge in [-0.25, -0.2) is 0 Å². The SMILES string of the molecule is FC(F)(F)CN(c1ccc(CNC2CC2)nn1)C1CC1. The molecule has 110 valence electrons. The van der Waals surface area contributed by atoms with Crippen molar-refractivity contribution in [3.8, 4) is 0 Å². The summed E-state index contributed by atoms with van der Waals surface area (Å²) in [6.45, 7) is -0.327. The molecular formula is C13H17F3N4. The van der Waals surface area contributed by atoms with Gasteiger partial charge < -0.3 is 10.2 Å². The Morgan fingerprint density at radius 2 is 1.90 bits per heavy atom. The molecule has 2 saturated carbocycles. The molecule has 2 fully saturated rings. The second kappa shape index (κ2) is 5.20. The molecule has 1 aromatic rings. The van der Waals surface area contributed by atoms with Gasteiger partial charge in [0.25, 0.3) is 0 Å². The Bertz CT molecular complexity index is 452. The lowest BCUT2D eigenvalue weighted by Gasteiger charge is -2.24. The lowest BCUT2D eigenvalue weighted by atomic mass is 10.3. The van der Waals surface area contributed by atoms with E-state index in [2.05, 4.69) is 15.5 Å². The van der Waals surface area contributed by atoms with Gasteiger partial charge in [0.15, 0.2) is 5.82 Å². The summed E-state index contributed by atoms with van der Waals surface area (Å²) >= 11 is 0. The Kier molecular flexibility index (Phi) is 3.54. The van der Waals surface area contributed by atoms with Crippen LogP contribution in [0.4, 0.5) is 19.0 Å². The van der Waals surface area contributed by atoms with Crippen LogP contribution in [0.5, 0.6) is 0 Å². The normalized spacial score (nSPS) is 19.1. The summed E-state index contributed by atoms with van der Waals surface area (Å²) in [5.74, 6) is 0.319. The van der Waals surface area contributed by atoms with Crippen LogP contribution < -0.4 is 10.2 Å². The van der Waals surface area contributed by atoms with Crippen molar-refractivity contribution in [1.82, 2.24) is 15.5 Å². The third kappa shape index (κ3) is 3.82. The second-order valence-electron chi connectivity index (χ2n) is 5.51. The standard InChI is InChI=1S/C13H17F3N4/c14-13(15,16)8-20(11-4-5-11)12-6-3-10(18-19-12)7-17-9-1-2-9/h3,6,9,11,17H,1-2,4-5,7-8H2. The van der Waals surface area contributed by atoms with Gasteiger partial charge in [-0.05, 0) is 37.8 Å². The van der Waals surface area contributed by atoms with E-state index in [0.717, 1.165) is 18.5 Å². The molecule has 3 rings (SSSR count). The van der Waals surface area contributed by atoms with Crippen molar-refractivity contribution in [1.29, 1.82) is 0 Å². The van der Waals surface area contributed by atoms with Crippen molar-refractivity contribution < 1.29 is 13.2 Å². The number of nitrogens with zero attached hydrogens (tertiary/aromatic N) is 3. The van der Waals surface area contributed by atoms with Gasteiger partial charge in [0.05, 0.1) is 5.69 Å². The first-order valence-electron chi connectivity index (χ1n) is 6.91. The minimum Gasteiger partial charge on any atom is -0.343 e. The molecule has 4 nitrogen and oxygen atoms in total. The molecule has 0 saturated heterocycles. The monoisotopic (exact) mass is 286 g/mol. The molecular weight excluding hydrogens is 269 g/mol. The van der Waals surface area contributed by atoms with E-state index in [4.69, 9.17) is 0 Å². The summed E-state index contributed by atoms with van der Waals surface area (Å²) in [7, 11) is 0. The zero-order chi connectivity index (χ0) is 14.2. The van der Waals surface area contributed by atoms with Gasteiger partial charge in [0.2, 0.25) is 0 Å². The van der Waals surface area contributed by atoms with Crippen LogP contribution in [0.3, 0.4) is 0 Å². The number of halogens is 3. The van der Waals surface area contributed by atoms with E-state index in [1.165, 1.54) is 17.7 Å². The van der Waals surface area contributed by atoms with Crippen LogP contribution in [-0.2, 0) is 6.54 Å². The average Bonchev–Trinajstić information content (AvgIpc) is 3.27. The predicted molar refractivity (Wildman–Crippen MR) is 68.3 cm³/mol. The second-order valence-corrected chi connectivity index (χ2v) is 5.51. The fourth-order valence-electron chi connectivity index (χ4n) is 2.11. The van der Waals surface area contributed by atoms with Gasteiger partial charge in [0, 0.05) is 18.6 Å². The maximum Gasteiger partial charge on any atom is 0.405 e. The molecule has 0 aliphatic heterocycles. The van der Waals surface area contributed by atoms with Crippen molar-refractivity contribution in [2.24, 2.45) is 0 Å². The first kappa shape index (κ1) is 13.6. The Morgan fingerprint density at radius 1 is 1.15 bits per heavy atom. The highest BCUT2D eigenvalue weighted by molar-refractivity contribution is 5.40. The summed E-state index contributed by atoms with van der Waals surface area (Å²) in [6, 6.07) is 3.93. The zero-order valence-electron chi connectivity index (χ0n) is 11.0. The highest BCUT2D eigenvalue weighted by Gasteiger charge is 2.38. The van der Waals surface area contributed by atoms with Crippen LogP contribution in [-0.4, -0.2) is 35.0 Å². The number of nitrogens with one attached hydrogen (secondary N) is 1. The van der Waals surface area contributed by atoms with Crippen molar-refractivity contribution in [3.63, 3.8) is 0 Å². The Hall–Kier alpha value is -1.37. The fraction of sp³-hybridized carbons (Fsp3) is 0.692. The maximum absolute atomic E-state index is 12.6. The third-order valence-corrected chi connectivity index (χ3v) is 3.49. The van der Waals surface area contributed by atoms with Gasteiger partial charge in [-0.15, -0.1) is 5.10 Å². The van der Waals surface area contributed by atoms with Gasteiger partial charge in [-0.3, -0.25) is 0 Å². The van der Waals surface area contributed by atoms with E-state index in [9.17, 15) is 13.2 Å². The summed E-state index contributed by atoms with van der Waals surface area (Å²) in [5.41, 5.74) is 0.767. The topological polar surface area (TPSA) is 41.0 Å². The quantitative estimate of drug-likeness (QED) is 0.871. The first-order valence-corrected chi connectivity index (χ1v) is 6.91. The molecule has 0 atom stereocenters. The fourth-order valence-corrected chi connectivity index (χ4v) is 2.11. The van der Waals surface area contributed by atoms with Crippen molar-refractivity contribution in [2.75, 3.05) is 11.4 Å². The van der Waals surface area contributed by atoms with E-state index in [1.807, 2.05) is 0 Å². The molecule has 1 heterocycles. The number of rotatable bonds is 6. The lowest BCUT2D eigenvalue weighted by Crippen LogP contribution is -2.36. The van der Waals surface area contributed by atoms with Crippen molar-refractivity contribution >= 4 is 5.82 Å². The average molecular weight is 286 g/mol. The predicted octanol–water partition coefficient (Wildman–Crippen LogP) is 2.26. The molecule has 2 aliphatic rings. The first-order chi connectivity index (χ1) is 9.51. The summed E-state index contributed by atoms with van der Waals surface area (Å²) < 4.78 is 37.7. The van der Waals surface area contributed by atoms with Crippen LogP contribution in [0, 0.1) is 0 Å². The molecule has 1 N–H and O–H groups in total. The third-order valence-electron chi connectivity index (χ3n) is 3.49. The molecule has 7 heteroatoms. The number of alkyl halides is 3. The number of anilines is 1. The van der Waals surface area contributed by atoms with Gasteiger partial charge in [-0.1, -0.05) is 0 Å². The van der Waals surface area contributed by atoms with Crippen LogP contribution in [0.25, 0.3) is 0 Å². The number of hydrogen-bond acceptors (Lipinski definition) is 4. The van der Waals surface area contributed by atoms with E-state index in [-0.39, 0.29) is 6.04 Å². The molecule has 2 aliphatic carbocycles. The van der Waals surface area contributed by atoms with E-state index in [0.29, 0.717) is 18.4 Å². The highest BCUT2D eigenvalue weighted by atomic mass is 19.4. The van der Waals surface area contributed by atoms with Gasteiger partial charge >= 0.3 is 6.18 Å². The van der Waals surface area contributed by atoms with Gasteiger partial charge in [0.1, 0.15) is 6.54 Å². The van der Waals surface area contributed by atoms with E-state index < -0.39 is 12.7 Å². The number of aromatic nitrogens is 2. The van der Waals surface area contributed by atoms with Crippen LogP contribution in [0.2, 0.25) is 0 Å². The summed E-state index contributed by atoms with van der Waals surface area (Å²) in [5, 5.41) is 11.3. The Morgan fingerprint density at radius 3 is 2.40 bits per heavy atom. The minimum atomic E-state index is -4.21. The van der Waals surface area contributed by atoms with E-state index >= 15 is 0 Å². The Labute approximate surface area is 115 Å². The number of hydrogen-bond donors (Lipinski definition) is 1. The van der Waals surface area contributed by atoms with Crippen LogP contribution >= 0.6 is 0 Å². The Balaban J connectivity index is 1.64. The molecule has 0 spiro atoms. The van der Waals surface area contributed by atoms with Crippen LogP contribution in [0.15, 0.2) is 12.1 Å². The maximum atomic E-state index is 12.6. The minimum absolute atomic E-state index is 0.0404. The largest absolute Gasteiger partial charge is 0.405 e. The van der Waals surface area contributed by atoms with Crippen LogP contribution in [0.1, 0.15) is 31.4 Å². The molecule has 0 amide bonds. The molecule has 0 radical (unpaired) electrons. The molecule has 1 aromatic heterocycles. The molecule has 20 heavy (non-hydrogen) atoms. The zero-order valence-corrected chi connectivity index (χ0v) is 11.0. The summed E-state index contributed by atoms with van der Waals surface area (Å²) in [4.78, 5) is 1.31. The van der Waals surface area contributed by atoms with Crippen molar-refractivity contribution in [3.05, 3.63) is 17.8 Å². The molecule has 0 bridgehead atoms. The highest BCUT2D eigenvalue weighted by Crippen LogP contribution is 2.33.